The van der Waals surface area contributed by atoms with Crippen LogP contribution in [0.25, 0.3) is 0 Å². The maximum atomic E-state index is 13.3. The summed E-state index contributed by atoms with van der Waals surface area (Å²) in [6.07, 6.45) is 1.20. The van der Waals surface area contributed by atoms with E-state index >= 15 is 0 Å². The summed E-state index contributed by atoms with van der Waals surface area (Å²) < 4.78 is 36.7. The van der Waals surface area contributed by atoms with Gasteiger partial charge in [0.05, 0.1) is 4.90 Å². The second-order valence-electron chi connectivity index (χ2n) is 6.23. The lowest BCUT2D eigenvalue weighted by Crippen LogP contribution is -2.36. The molecule has 0 bridgehead atoms. The van der Waals surface area contributed by atoms with Crippen molar-refractivity contribution in [1.29, 1.82) is 0 Å². The van der Waals surface area contributed by atoms with E-state index in [1.807, 2.05) is 6.07 Å². The molecule has 0 unspecified atom stereocenters. The second kappa shape index (κ2) is 10.0. The van der Waals surface area contributed by atoms with E-state index in [0.717, 1.165) is 16.7 Å². The van der Waals surface area contributed by atoms with E-state index in [0.29, 0.717) is 29.5 Å². The molecule has 148 valence electrons. The Bertz CT molecular complexity index is 931. The number of guanidine groups is 1. The maximum Gasteiger partial charge on any atom is 0.191 e. The van der Waals surface area contributed by atoms with E-state index in [1.165, 1.54) is 12.3 Å². The van der Waals surface area contributed by atoms with Crippen LogP contribution in [0.4, 0.5) is 4.39 Å². The minimum absolute atomic E-state index is 0. The number of benzene rings is 2. The zero-order chi connectivity index (χ0) is 19.3. The van der Waals surface area contributed by atoms with Gasteiger partial charge in [0, 0.05) is 26.4 Å². The Kier molecular flexibility index (Phi) is 8.67. The number of nitrogens with zero attached hydrogens (tertiary/aromatic N) is 1. The number of aliphatic imine (C=N–C) groups is 1. The molecule has 2 N–H and O–H groups in total. The highest BCUT2D eigenvalue weighted by Gasteiger charge is 2.11. The third-order valence-electron chi connectivity index (χ3n) is 4.00. The zero-order valence-electron chi connectivity index (χ0n) is 15.8. The SMILES string of the molecule is CN=C(NCc1ccc(F)c(C)c1)NCc1ccc(S(C)(=O)=O)c(C)c1.I. The Morgan fingerprint density at radius 3 is 1.96 bits per heavy atom. The summed E-state index contributed by atoms with van der Waals surface area (Å²) >= 11 is 0. The van der Waals surface area contributed by atoms with Crippen molar-refractivity contribution in [3.05, 3.63) is 64.5 Å². The number of aryl methyl sites for hydroxylation is 2. The molecule has 0 saturated heterocycles. The quantitative estimate of drug-likeness (QED) is 0.372. The molecule has 5 nitrogen and oxygen atoms in total. The highest BCUT2D eigenvalue weighted by Crippen LogP contribution is 2.16. The Hall–Kier alpha value is -1.68. The first-order chi connectivity index (χ1) is 12.2. The van der Waals surface area contributed by atoms with Gasteiger partial charge in [-0.25, -0.2) is 12.8 Å². The van der Waals surface area contributed by atoms with Gasteiger partial charge in [-0.3, -0.25) is 4.99 Å². The van der Waals surface area contributed by atoms with Crippen LogP contribution in [-0.2, 0) is 22.9 Å². The van der Waals surface area contributed by atoms with Crippen LogP contribution in [0, 0.1) is 19.7 Å². The fraction of sp³-hybridized carbons (Fsp3) is 0.316. The predicted octanol–water partition coefficient (Wildman–Crippen LogP) is 3.33. The van der Waals surface area contributed by atoms with Crippen LogP contribution in [0.2, 0.25) is 0 Å². The van der Waals surface area contributed by atoms with Gasteiger partial charge in [-0.05, 0) is 48.2 Å². The van der Waals surface area contributed by atoms with Gasteiger partial charge in [0.2, 0.25) is 0 Å². The van der Waals surface area contributed by atoms with Crippen LogP contribution in [0.1, 0.15) is 22.3 Å². The van der Waals surface area contributed by atoms with Crippen LogP contribution >= 0.6 is 24.0 Å². The molecular weight excluding hydrogens is 480 g/mol. The van der Waals surface area contributed by atoms with E-state index < -0.39 is 9.84 Å². The molecule has 0 radical (unpaired) electrons. The van der Waals surface area contributed by atoms with Gasteiger partial charge in [-0.15, -0.1) is 24.0 Å². The molecule has 0 atom stereocenters. The summed E-state index contributed by atoms with van der Waals surface area (Å²) in [5, 5.41) is 6.36. The summed E-state index contributed by atoms with van der Waals surface area (Å²) in [5.74, 6) is 0.390. The summed E-state index contributed by atoms with van der Waals surface area (Å²) in [4.78, 5) is 4.50. The molecule has 0 spiro atoms. The molecule has 0 aliphatic rings. The molecule has 2 aromatic carbocycles. The van der Waals surface area contributed by atoms with Crippen LogP contribution in [0.15, 0.2) is 46.3 Å². The van der Waals surface area contributed by atoms with Gasteiger partial charge < -0.3 is 10.6 Å². The molecular formula is C19H25FIN3O2S. The molecule has 27 heavy (non-hydrogen) atoms. The fourth-order valence-corrected chi connectivity index (χ4v) is 3.61. The van der Waals surface area contributed by atoms with Gasteiger partial charge in [0.15, 0.2) is 15.8 Å². The van der Waals surface area contributed by atoms with Gasteiger partial charge in [-0.1, -0.05) is 24.3 Å². The average molecular weight is 505 g/mol. The number of halogens is 2. The first-order valence-corrected chi connectivity index (χ1v) is 10.1. The van der Waals surface area contributed by atoms with Crippen LogP contribution in [-0.4, -0.2) is 27.7 Å². The molecule has 0 fully saturated rings. The lowest BCUT2D eigenvalue weighted by molar-refractivity contribution is 0.601. The van der Waals surface area contributed by atoms with Gasteiger partial charge >= 0.3 is 0 Å². The Labute approximate surface area is 177 Å². The smallest absolute Gasteiger partial charge is 0.191 e. The average Bonchev–Trinajstić information content (AvgIpc) is 2.57. The summed E-state index contributed by atoms with van der Waals surface area (Å²) in [7, 11) is -1.55. The highest BCUT2D eigenvalue weighted by molar-refractivity contribution is 14.0. The molecule has 0 aliphatic carbocycles. The molecule has 0 aromatic heterocycles. The van der Waals surface area contributed by atoms with E-state index in [9.17, 15) is 12.8 Å². The molecule has 0 aliphatic heterocycles. The number of hydrogen-bond acceptors (Lipinski definition) is 3. The Morgan fingerprint density at radius 2 is 1.52 bits per heavy atom. The highest BCUT2D eigenvalue weighted by atomic mass is 127. The first-order valence-electron chi connectivity index (χ1n) is 8.20. The van der Waals surface area contributed by atoms with E-state index in [2.05, 4.69) is 15.6 Å². The minimum atomic E-state index is -3.22. The lowest BCUT2D eigenvalue weighted by atomic mass is 10.1. The third kappa shape index (κ3) is 6.76. The van der Waals surface area contributed by atoms with Crippen molar-refractivity contribution in [3.8, 4) is 0 Å². The minimum Gasteiger partial charge on any atom is -0.352 e. The zero-order valence-corrected chi connectivity index (χ0v) is 19.0. The van der Waals surface area contributed by atoms with Crippen LogP contribution < -0.4 is 10.6 Å². The van der Waals surface area contributed by atoms with Crippen molar-refractivity contribution in [1.82, 2.24) is 10.6 Å². The number of sulfone groups is 1. The normalized spacial score (nSPS) is 11.7. The van der Waals surface area contributed by atoms with Crippen molar-refractivity contribution in [3.63, 3.8) is 0 Å². The Balaban J connectivity index is 0.00000364. The van der Waals surface area contributed by atoms with Gasteiger partial charge in [0.1, 0.15) is 5.82 Å². The van der Waals surface area contributed by atoms with Crippen molar-refractivity contribution >= 4 is 39.8 Å². The maximum absolute atomic E-state index is 13.3. The van der Waals surface area contributed by atoms with Crippen molar-refractivity contribution in [2.24, 2.45) is 4.99 Å². The lowest BCUT2D eigenvalue weighted by Gasteiger charge is -2.13. The molecule has 2 aromatic rings. The molecule has 8 heteroatoms. The van der Waals surface area contributed by atoms with E-state index in [1.54, 1.807) is 45.2 Å². The van der Waals surface area contributed by atoms with Crippen LogP contribution in [0.3, 0.4) is 0 Å². The number of nitrogens with one attached hydrogen (secondary N) is 2. The molecule has 0 saturated carbocycles. The fourth-order valence-electron chi connectivity index (χ4n) is 2.65. The number of hydrogen-bond donors (Lipinski definition) is 2. The van der Waals surface area contributed by atoms with E-state index in [4.69, 9.17) is 0 Å². The summed E-state index contributed by atoms with van der Waals surface area (Å²) in [6.45, 7) is 4.54. The first kappa shape index (κ1) is 23.4. The largest absolute Gasteiger partial charge is 0.352 e. The van der Waals surface area contributed by atoms with Gasteiger partial charge in [0.25, 0.3) is 0 Å². The predicted molar refractivity (Wildman–Crippen MR) is 118 cm³/mol. The van der Waals surface area contributed by atoms with Gasteiger partial charge in [-0.2, -0.15) is 0 Å². The second-order valence-corrected chi connectivity index (χ2v) is 8.22. The standard InChI is InChI=1S/C19H24FN3O2S.HI/c1-13-9-15(5-7-17(13)20)11-22-19(21-3)23-12-16-6-8-18(14(2)10-16)26(4,24)25;/h5-10H,11-12H2,1-4H3,(H2,21,22,23);1H. The summed E-state index contributed by atoms with van der Waals surface area (Å²) in [5.41, 5.74) is 3.24. The Morgan fingerprint density at radius 1 is 1.00 bits per heavy atom. The monoisotopic (exact) mass is 505 g/mol. The molecule has 2 rings (SSSR count). The van der Waals surface area contributed by atoms with Crippen molar-refractivity contribution in [2.75, 3.05) is 13.3 Å². The third-order valence-corrected chi connectivity index (χ3v) is 5.26. The number of rotatable bonds is 5. The summed E-state index contributed by atoms with van der Waals surface area (Å²) in [6, 6.07) is 10.2. The molecule has 0 heterocycles. The topological polar surface area (TPSA) is 70.6 Å². The van der Waals surface area contributed by atoms with E-state index in [-0.39, 0.29) is 29.8 Å². The van der Waals surface area contributed by atoms with Crippen LogP contribution in [0.5, 0.6) is 0 Å². The van der Waals surface area contributed by atoms with Crippen molar-refractivity contribution < 1.29 is 12.8 Å². The van der Waals surface area contributed by atoms with Crippen molar-refractivity contribution in [2.45, 2.75) is 31.8 Å². The molecule has 0 amide bonds.